The van der Waals surface area contributed by atoms with E-state index in [-0.39, 0.29) is 11.5 Å². The molecule has 0 fully saturated rings. The molecule has 0 radical (unpaired) electrons. The first kappa shape index (κ1) is 17.3. The van der Waals surface area contributed by atoms with Gasteiger partial charge in [-0.15, -0.1) is 5.10 Å². The normalized spacial score (nSPS) is 10.7. The van der Waals surface area contributed by atoms with E-state index in [0.29, 0.717) is 17.9 Å². The van der Waals surface area contributed by atoms with Gasteiger partial charge in [0, 0.05) is 0 Å². The fraction of sp³-hybridized carbons (Fsp3) is 0.235. The second-order valence-corrected chi connectivity index (χ2v) is 6.04. The SMILES string of the molecule is Cc1ccc(Cn2nc(C)c(NC(=O)c3cc([N+](=O)[O-])[nH]n3)c2C)cc1. The Bertz CT molecular complexity index is 971. The number of aromatic amines is 1. The molecule has 9 nitrogen and oxygen atoms in total. The topological polar surface area (TPSA) is 119 Å². The van der Waals surface area contributed by atoms with Crippen molar-refractivity contribution >= 4 is 17.4 Å². The van der Waals surface area contributed by atoms with Gasteiger partial charge in [0.25, 0.3) is 5.91 Å². The van der Waals surface area contributed by atoms with Gasteiger partial charge in [-0.3, -0.25) is 9.48 Å². The van der Waals surface area contributed by atoms with Crippen LogP contribution >= 0.6 is 0 Å². The number of rotatable bonds is 5. The number of nitro groups is 1. The van der Waals surface area contributed by atoms with Crippen molar-refractivity contribution in [1.29, 1.82) is 0 Å². The lowest BCUT2D eigenvalue weighted by atomic mass is 10.1. The van der Waals surface area contributed by atoms with Crippen LogP contribution in [0.2, 0.25) is 0 Å². The molecule has 2 aromatic heterocycles. The summed E-state index contributed by atoms with van der Waals surface area (Å²) in [5.41, 5.74) is 4.26. The van der Waals surface area contributed by atoms with Gasteiger partial charge in [0.05, 0.1) is 29.7 Å². The lowest BCUT2D eigenvalue weighted by Crippen LogP contribution is -2.14. The average Bonchev–Trinajstić information content (AvgIpc) is 3.18. The molecular weight excluding hydrogens is 336 g/mol. The summed E-state index contributed by atoms with van der Waals surface area (Å²) in [4.78, 5) is 22.4. The molecular formula is C17H18N6O3. The Morgan fingerprint density at radius 3 is 2.58 bits per heavy atom. The minimum atomic E-state index is -0.639. The fourth-order valence-corrected chi connectivity index (χ4v) is 2.60. The number of nitrogens with one attached hydrogen (secondary N) is 2. The molecule has 0 bridgehead atoms. The van der Waals surface area contributed by atoms with E-state index in [1.54, 1.807) is 6.92 Å². The molecule has 0 saturated heterocycles. The van der Waals surface area contributed by atoms with Crippen LogP contribution in [0.4, 0.5) is 11.5 Å². The summed E-state index contributed by atoms with van der Waals surface area (Å²) >= 11 is 0. The first-order chi connectivity index (χ1) is 12.3. The summed E-state index contributed by atoms with van der Waals surface area (Å²) in [5.74, 6) is -0.867. The van der Waals surface area contributed by atoms with Gasteiger partial charge in [-0.2, -0.15) is 5.10 Å². The first-order valence-electron chi connectivity index (χ1n) is 7.96. The molecule has 3 rings (SSSR count). The van der Waals surface area contributed by atoms with Crippen LogP contribution in [0.1, 0.15) is 33.0 Å². The zero-order valence-electron chi connectivity index (χ0n) is 14.6. The van der Waals surface area contributed by atoms with Crippen molar-refractivity contribution in [2.45, 2.75) is 27.3 Å². The van der Waals surface area contributed by atoms with Crippen molar-refractivity contribution in [2.75, 3.05) is 5.32 Å². The van der Waals surface area contributed by atoms with E-state index < -0.39 is 10.8 Å². The van der Waals surface area contributed by atoms with Crippen LogP contribution < -0.4 is 5.32 Å². The third-order valence-electron chi connectivity index (χ3n) is 4.07. The van der Waals surface area contributed by atoms with Gasteiger partial charge in [0.15, 0.2) is 5.69 Å². The van der Waals surface area contributed by atoms with Gasteiger partial charge in [0.2, 0.25) is 0 Å². The highest BCUT2D eigenvalue weighted by atomic mass is 16.6. The van der Waals surface area contributed by atoms with E-state index in [1.165, 1.54) is 5.56 Å². The number of aromatic nitrogens is 4. The minimum absolute atomic E-state index is 0.0539. The number of amides is 1. The van der Waals surface area contributed by atoms with Gasteiger partial charge >= 0.3 is 5.82 Å². The summed E-state index contributed by atoms with van der Waals surface area (Å²) in [5, 5.41) is 23.8. The van der Waals surface area contributed by atoms with E-state index in [0.717, 1.165) is 17.3 Å². The number of aryl methyl sites for hydroxylation is 2. The Hall–Kier alpha value is -3.49. The molecule has 0 aliphatic heterocycles. The molecule has 2 heterocycles. The number of benzene rings is 1. The zero-order chi connectivity index (χ0) is 18.8. The molecule has 1 aromatic carbocycles. The number of nitrogens with zero attached hydrogens (tertiary/aromatic N) is 4. The maximum atomic E-state index is 12.3. The van der Waals surface area contributed by atoms with Crippen molar-refractivity contribution in [2.24, 2.45) is 0 Å². The third-order valence-corrected chi connectivity index (χ3v) is 4.07. The highest BCUT2D eigenvalue weighted by Crippen LogP contribution is 2.21. The number of H-pyrrole nitrogens is 1. The van der Waals surface area contributed by atoms with Crippen LogP contribution in [0, 0.1) is 30.9 Å². The third kappa shape index (κ3) is 3.46. The second-order valence-electron chi connectivity index (χ2n) is 6.04. The summed E-state index contributed by atoms with van der Waals surface area (Å²) in [6.07, 6.45) is 0. The van der Waals surface area contributed by atoms with Crippen molar-refractivity contribution in [3.05, 3.63) is 68.7 Å². The summed E-state index contributed by atoms with van der Waals surface area (Å²) in [6, 6.07) is 9.24. The summed E-state index contributed by atoms with van der Waals surface area (Å²) in [7, 11) is 0. The highest BCUT2D eigenvalue weighted by Gasteiger charge is 2.20. The van der Waals surface area contributed by atoms with Crippen LogP contribution in [0.5, 0.6) is 0 Å². The van der Waals surface area contributed by atoms with Crippen molar-refractivity contribution in [3.63, 3.8) is 0 Å². The van der Waals surface area contributed by atoms with E-state index in [4.69, 9.17) is 0 Å². The Labute approximate surface area is 149 Å². The number of anilines is 1. The Morgan fingerprint density at radius 2 is 1.96 bits per heavy atom. The maximum Gasteiger partial charge on any atom is 0.343 e. The molecule has 1 amide bonds. The van der Waals surface area contributed by atoms with Crippen LogP contribution in [0.15, 0.2) is 30.3 Å². The first-order valence-corrected chi connectivity index (χ1v) is 7.96. The van der Waals surface area contributed by atoms with Crippen molar-refractivity contribution in [1.82, 2.24) is 20.0 Å². The standard InChI is InChI=1S/C17H18N6O3/c1-10-4-6-13(7-5-10)9-22-12(3)16(11(2)21-22)18-17(24)14-8-15(20-19-14)23(25)26/h4-8H,9H2,1-3H3,(H,18,24)(H,19,20). The van der Waals surface area contributed by atoms with Gasteiger partial charge in [-0.1, -0.05) is 34.9 Å². The van der Waals surface area contributed by atoms with Gasteiger partial charge in [-0.25, -0.2) is 0 Å². The van der Waals surface area contributed by atoms with E-state index in [9.17, 15) is 14.9 Å². The number of hydrogen-bond donors (Lipinski definition) is 2. The van der Waals surface area contributed by atoms with E-state index in [1.807, 2.05) is 42.8 Å². The van der Waals surface area contributed by atoms with Crippen LogP contribution in [-0.2, 0) is 6.54 Å². The Kier molecular flexibility index (Phi) is 4.53. The minimum Gasteiger partial charge on any atom is -0.358 e. The second kappa shape index (κ2) is 6.79. The smallest absolute Gasteiger partial charge is 0.343 e. The molecule has 134 valence electrons. The molecule has 0 aliphatic carbocycles. The molecule has 0 saturated carbocycles. The van der Waals surface area contributed by atoms with Crippen LogP contribution in [0.3, 0.4) is 0 Å². The Morgan fingerprint density at radius 1 is 1.27 bits per heavy atom. The predicted molar refractivity (Wildman–Crippen MR) is 95.2 cm³/mol. The monoisotopic (exact) mass is 354 g/mol. The van der Waals surface area contributed by atoms with Gasteiger partial charge < -0.3 is 15.4 Å². The molecule has 0 unspecified atom stereocenters. The zero-order valence-corrected chi connectivity index (χ0v) is 14.6. The Balaban J connectivity index is 1.79. The number of carbonyl (C=O) groups excluding carboxylic acids is 1. The van der Waals surface area contributed by atoms with Gasteiger partial charge in [-0.05, 0) is 31.3 Å². The molecule has 26 heavy (non-hydrogen) atoms. The number of carbonyl (C=O) groups is 1. The quantitative estimate of drug-likeness (QED) is 0.539. The van der Waals surface area contributed by atoms with Crippen LogP contribution in [0.25, 0.3) is 0 Å². The molecule has 3 aromatic rings. The summed E-state index contributed by atoms with van der Waals surface area (Å²) < 4.78 is 1.81. The maximum absolute atomic E-state index is 12.3. The predicted octanol–water partition coefficient (Wildman–Crippen LogP) is 2.74. The molecule has 0 aliphatic rings. The highest BCUT2D eigenvalue weighted by molar-refractivity contribution is 6.03. The molecule has 0 spiro atoms. The molecule has 2 N–H and O–H groups in total. The summed E-state index contributed by atoms with van der Waals surface area (Å²) in [6.45, 7) is 6.26. The van der Waals surface area contributed by atoms with Crippen molar-refractivity contribution in [3.8, 4) is 0 Å². The number of hydrogen-bond acceptors (Lipinski definition) is 5. The fourth-order valence-electron chi connectivity index (χ4n) is 2.60. The lowest BCUT2D eigenvalue weighted by Gasteiger charge is -2.06. The largest absolute Gasteiger partial charge is 0.358 e. The van der Waals surface area contributed by atoms with E-state index >= 15 is 0 Å². The average molecular weight is 354 g/mol. The molecule has 0 atom stereocenters. The van der Waals surface area contributed by atoms with Crippen LogP contribution in [-0.4, -0.2) is 30.8 Å². The molecule has 9 heteroatoms. The lowest BCUT2D eigenvalue weighted by molar-refractivity contribution is -0.389. The van der Waals surface area contributed by atoms with Crippen molar-refractivity contribution < 1.29 is 9.72 Å². The van der Waals surface area contributed by atoms with E-state index in [2.05, 4.69) is 20.6 Å². The van der Waals surface area contributed by atoms with Gasteiger partial charge in [0.1, 0.15) is 0 Å².